The number of hydrogen-bond donors (Lipinski definition) is 2. The van der Waals surface area contributed by atoms with E-state index < -0.39 is 17.6 Å². The molecule has 2 N–H and O–H groups in total. The number of halogens is 1. The molecule has 148 valence electrons. The van der Waals surface area contributed by atoms with Crippen LogP contribution in [-0.4, -0.2) is 11.8 Å². The largest absolute Gasteiger partial charge is 0.449 e. The smallest absolute Gasteiger partial charge is 0.293 e. The van der Waals surface area contributed by atoms with Gasteiger partial charge in [-0.3, -0.25) is 9.59 Å². The molecule has 0 aliphatic carbocycles. The second kappa shape index (κ2) is 8.45. The third-order valence-corrected chi connectivity index (χ3v) is 4.40. The van der Waals surface area contributed by atoms with Crippen LogP contribution < -0.4 is 10.6 Å². The van der Waals surface area contributed by atoms with Gasteiger partial charge in [0, 0.05) is 11.5 Å². The summed E-state index contributed by atoms with van der Waals surface area (Å²) < 4.78 is 19.6. The predicted molar refractivity (Wildman–Crippen MR) is 115 cm³/mol. The lowest BCUT2D eigenvalue weighted by Crippen LogP contribution is -2.16. The van der Waals surface area contributed by atoms with Crippen molar-refractivity contribution in [2.45, 2.75) is 0 Å². The van der Waals surface area contributed by atoms with Crippen LogP contribution in [0.4, 0.5) is 15.8 Å². The number of anilines is 2. The molecule has 5 nitrogen and oxygen atoms in total. The van der Waals surface area contributed by atoms with Gasteiger partial charge in [0.25, 0.3) is 5.91 Å². The van der Waals surface area contributed by atoms with Crippen molar-refractivity contribution in [3.8, 4) is 0 Å². The molecule has 0 radical (unpaired) electrons. The fourth-order valence-electron chi connectivity index (χ4n) is 2.97. The van der Waals surface area contributed by atoms with Crippen molar-refractivity contribution in [2.24, 2.45) is 0 Å². The Hall–Kier alpha value is -4.19. The molecule has 0 aliphatic rings. The fraction of sp³-hybridized carbons (Fsp3) is 0. The zero-order valence-electron chi connectivity index (χ0n) is 15.8. The van der Waals surface area contributed by atoms with E-state index in [2.05, 4.69) is 10.6 Å². The van der Waals surface area contributed by atoms with Gasteiger partial charge in [0.05, 0.1) is 5.69 Å². The van der Waals surface area contributed by atoms with Gasteiger partial charge in [-0.25, -0.2) is 4.39 Å². The Morgan fingerprint density at radius 3 is 2.33 bits per heavy atom. The fourth-order valence-corrected chi connectivity index (χ4v) is 2.97. The Labute approximate surface area is 171 Å². The van der Waals surface area contributed by atoms with E-state index in [1.165, 1.54) is 24.3 Å². The maximum Gasteiger partial charge on any atom is 0.293 e. The number of amides is 2. The summed E-state index contributed by atoms with van der Waals surface area (Å²) in [7, 11) is 0. The standard InChI is InChI=1S/C24H17FN2O3/c25-18-11-5-6-12-19(18)26-24(29)23-22(17-10-4-7-13-20(17)30-23)27-21(28)15-14-16-8-2-1-3-9-16/h1-15H,(H,26,29)(H,27,28)/b15-14+. The molecule has 3 aromatic carbocycles. The summed E-state index contributed by atoms with van der Waals surface area (Å²) in [6.45, 7) is 0. The first-order chi connectivity index (χ1) is 14.6. The molecule has 0 saturated carbocycles. The van der Waals surface area contributed by atoms with Crippen LogP contribution in [-0.2, 0) is 4.79 Å². The van der Waals surface area contributed by atoms with E-state index in [-0.39, 0.29) is 17.1 Å². The molecule has 0 aliphatic heterocycles. The molecule has 0 saturated heterocycles. The molecular weight excluding hydrogens is 383 g/mol. The monoisotopic (exact) mass is 400 g/mol. The Kier molecular flexibility index (Phi) is 5.39. The van der Waals surface area contributed by atoms with Crippen molar-refractivity contribution >= 4 is 40.2 Å². The van der Waals surface area contributed by atoms with E-state index in [1.807, 2.05) is 30.3 Å². The van der Waals surface area contributed by atoms with Crippen molar-refractivity contribution in [2.75, 3.05) is 10.6 Å². The topological polar surface area (TPSA) is 71.3 Å². The molecular formula is C24H17FN2O3. The van der Waals surface area contributed by atoms with Crippen LogP contribution in [0.2, 0.25) is 0 Å². The molecule has 0 unspecified atom stereocenters. The first-order valence-corrected chi connectivity index (χ1v) is 9.23. The van der Waals surface area contributed by atoms with Crippen LogP contribution >= 0.6 is 0 Å². The lowest BCUT2D eigenvalue weighted by atomic mass is 10.2. The summed E-state index contributed by atoms with van der Waals surface area (Å²) in [4.78, 5) is 25.3. The Balaban J connectivity index is 1.63. The van der Waals surface area contributed by atoms with E-state index in [0.29, 0.717) is 11.0 Å². The van der Waals surface area contributed by atoms with Crippen molar-refractivity contribution in [3.05, 3.63) is 102 Å². The van der Waals surface area contributed by atoms with Crippen molar-refractivity contribution in [1.29, 1.82) is 0 Å². The highest BCUT2D eigenvalue weighted by molar-refractivity contribution is 6.16. The van der Waals surface area contributed by atoms with Gasteiger partial charge >= 0.3 is 0 Å². The van der Waals surface area contributed by atoms with E-state index >= 15 is 0 Å². The van der Waals surface area contributed by atoms with Crippen LogP contribution in [0.25, 0.3) is 17.0 Å². The first-order valence-electron chi connectivity index (χ1n) is 9.23. The maximum atomic E-state index is 13.9. The van der Waals surface area contributed by atoms with Crippen molar-refractivity contribution in [1.82, 2.24) is 0 Å². The van der Waals surface area contributed by atoms with Crippen LogP contribution in [0.15, 0.2) is 89.4 Å². The summed E-state index contributed by atoms with van der Waals surface area (Å²) in [5.41, 5.74) is 1.53. The summed E-state index contributed by atoms with van der Waals surface area (Å²) in [6, 6.07) is 22.1. The third-order valence-electron chi connectivity index (χ3n) is 4.40. The van der Waals surface area contributed by atoms with Gasteiger partial charge in [-0.05, 0) is 35.9 Å². The SMILES string of the molecule is O=C(/C=C/c1ccccc1)Nc1c(C(=O)Nc2ccccc2F)oc2ccccc12. The van der Waals surface area contributed by atoms with Crippen LogP contribution in [0, 0.1) is 5.82 Å². The molecule has 4 aromatic rings. The van der Waals surface area contributed by atoms with Gasteiger partial charge in [-0.1, -0.05) is 54.6 Å². The molecule has 1 heterocycles. The number of rotatable bonds is 5. The Morgan fingerprint density at radius 1 is 0.833 bits per heavy atom. The normalized spacial score (nSPS) is 11.0. The number of fused-ring (bicyclic) bond motifs is 1. The van der Waals surface area contributed by atoms with Crippen molar-refractivity contribution in [3.63, 3.8) is 0 Å². The van der Waals surface area contributed by atoms with E-state index in [9.17, 15) is 14.0 Å². The van der Waals surface area contributed by atoms with Crippen molar-refractivity contribution < 1.29 is 18.4 Å². The first kappa shape index (κ1) is 19.1. The van der Waals surface area contributed by atoms with Gasteiger partial charge in [-0.2, -0.15) is 0 Å². The number of benzene rings is 3. The highest BCUT2D eigenvalue weighted by atomic mass is 19.1. The van der Waals surface area contributed by atoms with Crippen LogP contribution in [0.5, 0.6) is 0 Å². The number of carbonyl (C=O) groups is 2. The minimum atomic E-state index is -0.668. The molecule has 4 rings (SSSR count). The highest BCUT2D eigenvalue weighted by Crippen LogP contribution is 2.31. The lowest BCUT2D eigenvalue weighted by Gasteiger charge is -2.07. The predicted octanol–water partition coefficient (Wildman–Crippen LogP) is 5.48. The van der Waals surface area contributed by atoms with E-state index in [1.54, 1.807) is 36.4 Å². The molecule has 1 aromatic heterocycles. The van der Waals surface area contributed by atoms with Crippen LogP contribution in [0.1, 0.15) is 16.1 Å². The second-order valence-electron chi connectivity index (χ2n) is 6.47. The third kappa shape index (κ3) is 4.12. The van der Waals surface area contributed by atoms with E-state index in [0.717, 1.165) is 5.56 Å². The average molecular weight is 400 g/mol. The van der Waals surface area contributed by atoms with Crippen LogP contribution in [0.3, 0.4) is 0 Å². The van der Waals surface area contributed by atoms with E-state index in [4.69, 9.17) is 4.42 Å². The molecule has 0 atom stereocenters. The number of nitrogens with one attached hydrogen (secondary N) is 2. The molecule has 0 fully saturated rings. The molecule has 6 heteroatoms. The van der Waals surface area contributed by atoms with Gasteiger partial charge in [-0.15, -0.1) is 0 Å². The summed E-state index contributed by atoms with van der Waals surface area (Å²) in [6.07, 6.45) is 3.03. The summed E-state index contributed by atoms with van der Waals surface area (Å²) in [5, 5.41) is 5.76. The molecule has 0 bridgehead atoms. The minimum Gasteiger partial charge on any atom is -0.449 e. The van der Waals surface area contributed by atoms with Gasteiger partial charge < -0.3 is 15.1 Å². The minimum absolute atomic E-state index is 0.0178. The molecule has 2 amide bonds. The number of carbonyl (C=O) groups excluding carboxylic acids is 2. The Bertz CT molecular complexity index is 1250. The Morgan fingerprint density at radius 2 is 1.53 bits per heavy atom. The number of furan rings is 1. The highest BCUT2D eigenvalue weighted by Gasteiger charge is 2.22. The molecule has 0 spiro atoms. The average Bonchev–Trinajstić information content (AvgIpc) is 3.13. The quantitative estimate of drug-likeness (QED) is 0.436. The van der Waals surface area contributed by atoms with Gasteiger partial charge in [0.2, 0.25) is 11.7 Å². The molecule has 30 heavy (non-hydrogen) atoms. The lowest BCUT2D eigenvalue weighted by molar-refractivity contribution is -0.111. The second-order valence-corrected chi connectivity index (χ2v) is 6.47. The zero-order valence-corrected chi connectivity index (χ0v) is 15.8. The summed E-state index contributed by atoms with van der Waals surface area (Å²) >= 11 is 0. The number of hydrogen-bond acceptors (Lipinski definition) is 3. The van der Waals surface area contributed by atoms with Gasteiger partial charge in [0.1, 0.15) is 17.1 Å². The number of para-hydroxylation sites is 2. The maximum absolute atomic E-state index is 13.9. The van der Waals surface area contributed by atoms with Gasteiger partial charge in [0.15, 0.2) is 0 Å². The summed E-state index contributed by atoms with van der Waals surface area (Å²) in [5.74, 6) is -1.77. The zero-order chi connectivity index (χ0) is 20.9.